The van der Waals surface area contributed by atoms with E-state index in [9.17, 15) is 4.79 Å². The van der Waals surface area contributed by atoms with Crippen LogP contribution in [0.4, 0.5) is 0 Å². The molecule has 0 radical (unpaired) electrons. The number of carboxylic acid groups (broad SMARTS) is 1. The second-order valence-electron chi connectivity index (χ2n) is 4.04. The van der Waals surface area contributed by atoms with E-state index in [1.165, 1.54) is 25.7 Å². The van der Waals surface area contributed by atoms with Crippen LogP contribution < -0.4 is 11.1 Å². The molecular formula is C10H20N2O2. The molecule has 0 aromatic rings. The van der Waals surface area contributed by atoms with E-state index in [1.807, 2.05) is 0 Å². The summed E-state index contributed by atoms with van der Waals surface area (Å²) in [6.07, 6.45) is 7.44. The molecule has 1 rings (SSSR count). The van der Waals surface area contributed by atoms with Gasteiger partial charge in [-0.2, -0.15) is 0 Å². The second-order valence-corrected chi connectivity index (χ2v) is 4.04. The number of hydrogen-bond donors (Lipinski definition) is 3. The Morgan fingerprint density at radius 1 is 1.36 bits per heavy atom. The van der Waals surface area contributed by atoms with Crippen LogP contribution >= 0.6 is 0 Å². The van der Waals surface area contributed by atoms with E-state index < -0.39 is 12.0 Å². The molecule has 1 atom stereocenters. The predicted octanol–water partition coefficient (Wildman–Crippen LogP) is 0.711. The highest BCUT2D eigenvalue weighted by Crippen LogP contribution is 2.16. The fourth-order valence-corrected chi connectivity index (χ4v) is 1.86. The highest BCUT2D eigenvalue weighted by molar-refractivity contribution is 5.73. The second kappa shape index (κ2) is 5.98. The zero-order valence-electron chi connectivity index (χ0n) is 8.54. The summed E-state index contributed by atoms with van der Waals surface area (Å²) >= 11 is 0. The quantitative estimate of drug-likeness (QED) is 0.584. The molecule has 4 nitrogen and oxygen atoms in total. The van der Waals surface area contributed by atoms with Crippen molar-refractivity contribution in [3.63, 3.8) is 0 Å². The molecule has 1 aliphatic carbocycles. The van der Waals surface area contributed by atoms with Gasteiger partial charge in [-0.05, 0) is 12.8 Å². The van der Waals surface area contributed by atoms with Gasteiger partial charge < -0.3 is 16.2 Å². The topological polar surface area (TPSA) is 75.3 Å². The van der Waals surface area contributed by atoms with Crippen molar-refractivity contribution in [3.05, 3.63) is 0 Å². The molecule has 4 heteroatoms. The summed E-state index contributed by atoms with van der Waals surface area (Å²) in [7, 11) is 0. The SMILES string of the molecule is NC(CNC1CCCCCC1)C(=O)O. The van der Waals surface area contributed by atoms with Gasteiger partial charge >= 0.3 is 5.97 Å². The number of carbonyl (C=O) groups is 1. The molecule has 1 fully saturated rings. The van der Waals surface area contributed by atoms with Gasteiger partial charge in [0.2, 0.25) is 0 Å². The summed E-state index contributed by atoms with van der Waals surface area (Å²) < 4.78 is 0. The third-order valence-corrected chi connectivity index (χ3v) is 2.80. The molecule has 0 aromatic carbocycles. The van der Waals surface area contributed by atoms with Crippen molar-refractivity contribution in [2.24, 2.45) is 5.73 Å². The van der Waals surface area contributed by atoms with Gasteiger partial charge in [0.15, 0.2) is 0 Å². The lowest BCUT2D eigenvalue weighted by molar-refractivity contribution is -0.138. The monoisotopic (exact) mass is 200 g/mol. The molecule has 0 aromatic heterocycles. The molecule has 0 bridgehead atoms. The zero-order chi connectivity index (χ0) is 10.4. The number of rotatable bonds is 4. The van der Waals surface area contributed by atoms with Crippen LogP contribution in [0.5, 0.6) is 0 Å². The van der Waals surface area contributed by atoms with E-state index in [2.05, 4.69) is 5.32 Å². The van der Waals surface area contributed by atoms with Gasteiger partial charge in [-0.3, -0.25) is 4.79 Å². The van der Waals surface area contributed by atoms with E-state index in [1.54, 1.807) is 0 Å². The Hall–Kier alpha value is -0.610. The van der Waals surface area contributed by atoms with Crippen molar-refractivity contribution in [3.8, 4) is 0 Å². The Morgan fingerprint density at radius 2 is 1.93 bits per heavy atom. The van der Waals surface area contributed by atoms with Gasteiger partial charge in [0.05, 0.1) is 0 Å². The number of carboxylic acids is 1. The number of nitrogens with one attached hydrogen (secondary N) is 1. The van der Waals surface area contributed by atoms with Gasteiger partial charge in [0.1, 0.15) is 6.04 Å². The molecule has 0 aliphatic heterocycles. The number of hydrogen-bond acceptors (Lipinski definition) is 3. The summed E-state index contributed by atoms with van der Waals surface area (Å²) in [4.78, 5) is 10.5. The predicted molar refractivity (Wildman–Crippen MR) is 55.1 cm³/mol. The molecule has 4 N–H and O–H groups in total. The Bertz CT molecular complexity index is 177. The summed E-state index contributed by atoms with van der Waals surface area (Å²) in [5, 5.41) is 11.8. The van der Waals surface area contributed by atoms with Gasteiger partial charge in [0.25, 0.3) is 0 Å². The van der Waals surface area contributed by atoms with Crippen LogP contribution in [0, 0.1) is 0 Å². The standard InChI is InChI=1S/C10H20N2O2/c11-9(10(13)14)7-12-8-5-3-1-2-4-6-8/h8-9,12H,1-7,11H2,(H,13,14). The minimum atomic E-state index is -0.925. The van der Waals surface area contributed by atoms with Crippen LogP contribution in [-0.2, 0) is 4.79 Å². The van der Waals surface area contributed by atoms with E-state index in [0.29, 0.717) is 12.6 Å². The molecule has 0 amide bonds. The Labute approximate surface area is 84.9 Å². The molecule has 1 unspecified atom stereocenters. The molecule has 1 aliphatic rings. The van der Waals surface area contributed by atoms with E-state index in [4.69, 9.17) is 10.8 Å². The molecule has 14 heavy (non-hydrogen) atoms. The molecular weight excluding hydrogens is 180 g/mol. The van der Waals surface area contributed by atoms with Crippen LogP contribution in [0.2, 0.25) is 0 Å². The molecule has 0 saturated heterocycles. The average Bonchev–Trinajstić information content (AvgIpc) is 2.42. The number of nitrogens with two attached hydrogens (primary N) is 1. The Morgan fingerprint density at radius 3 is 2.43 bits per heavy atom. The lowest BCUT2D eigenvalue weighted by Crippen LogP contribution is -2.43. The Kier molecular flexibility index (Phi) is 4.90. The van der Waals surface area contributed by atoms with E-state index in [-0.39, 0.29) is 0 Å². The summed E-state index contributed by atoms with van der Waals surface area (Å²) in [6.45, 7) is 0.389. The van der Waals surface area contributed by atoms with Crippen LogP contribution in [0.15, 0.2) is 0 Å². The fraction of sp³-hybridized carbons (Fsp3) is 0.900. The zero-order valence-corrected chi connectivity index (χ0v) is 8.54. The van der Waals surface area contributed by atoms with E-state index >= 15 is 0 Å². The minimum Gasteiger partial charge on any atom is -0.480 e. The first-order valence-corrected chi connectivity index (χ1v) is 5.42. The van der Waals surface area contributed by atoms with Gasteiger partial charge in [-0.25, -0.2) is 0 Å². The number of aliphatic carboxylic acids is 1. The van der Waals surface area contributed by atoms with Crippen LogP contribution in [0.1, 0.15) is 38.5 Å². The van der Waals surface area contributed by atoms with Crippen molar-refractivity contribution in [1.82, 2.24) is 5.32 Å². The normalized spacial score (nSPS) is 21.5. The average molecular weight is 200 g/mol. The third-order valence-electron chi connectivity index (χ3n) is 2.80. The maximum absolute atomic E-state index is 10.5. The van der Waals surface area contributed by atoms with Crippen molar-refractivity contribution < 1.29 is 9.90 Å². The highest BCUT2D eigenvalue weighted by atomic mass is 16.4. The van der Waals surface area contributed by atoms with Crippen molar-refractivity contribution in [2.75, 3.05) is 6.54 Å². The van der Waals surface area contributed by atoms with Crippen LogP contribution in [-0.4, -0.2) is 29.7 Å². The molecule has 82 valence electrons. The fourth-order valence-electron chi connectivity index (χ4n) is 1.86. The lowest BCUT2D eigenvalue weighted by Gasteiger charge is -2.17. The van der Waals surface area contributed by atoms with Gasteiger partial charge in [-0.1, -0.05) is 25.7 Å². The van der Waals surface area contributed by atoms with Crippen LogP contribution in [0.3, 0.4) is 0 Å². The summed E-state index contributed by atoms with van der Waals surface area (Å²) in [5.41, 5.74) is 5.41. The largest absolute Gasteiger partial charge is 0.480 e. The smallest absolute Gasteiger partial charge is 0.321 e. The Balaban J connectivity index is 2.18. The first kappa shape index (κ1) is 11.5. The summed E-state index contributed by atoms with van der Waals surface area (Å²) in [5.74, 6) is -0.925. The van der Waals surface area contributed by atoms with Crippen molar-refractivity contribution >= 4 is 5.97 Å². The minimum absolute atomic E-state index is 0.389. The first-order chi connectivity index (χ1) is 6.70. The van der Waals surface area contributed by atoms with Gasteiger partial charge in [0, 0.05) is 12.6 Å². The van der Waals surface area contributed by atoms with Crippen molar-refractivity contribution in [2.45, 2.75) is 50.6 Å². The molecule has 0 spiro atoms. The third kappa shape index (κ3) is 4.07. The first-order valence-electron chi connectivity index (χ1n) is 5.42. The molecule has 1 saturated carbocycles. The van der Waals surface area contributed by atoms with E-state index in [0.717, 1.165) is 12.8 Å². The molecule has 0 heterocycles. The maximum Gasteiger partial charge on any atom is 0.321 e. The maximum atomic E-state index is 10.5. The highest BCUT2D eigenvalue weighted by Gasteiger charge is 2.15. The van der Waals surface area contributed by atoms with Gasteiger partial charge in [-0.15, -0.1) is 0 Å². The summed E-state index contributed by atoms with van der Waals surface area (Å²) in [6, 6.07) is -0.291. The lowest BCUT2D eigenvalue weighted by atomic mass is 10.1. The van der Waals surface area contributed by atoms with Crippen LogP contribution in [0.25, 0.3) is 0 Å². The van der Waals surface area contributed by atoms with Crippen molar-refractivity contribution in [1.29, 1.82) is 0 Å².